The molecule has 0 N–H and O–H groups in total. The van der Waals surface area contributed by atoms with Crippen LogP contribution in [0.15, 0.2) is 18.2 Å². The Balaban J connectivity index is 1.95. The molecule has 0 bridgehead atoms. The summed E-state index contributed by atoms with van der Waals surface area (Å²) < 4.78 is 28.8. The SMILES string of the molecule is Fc1cccc(Cc2nnc(CCl)n2C2CC2)c1F. The highest BCUT2D eigenvalue weighted by Gasteiger charge is 2.29. The summed E-state index contributed by atoms with van der Waals surface area (Å²) in [6.07, 6.45) is 2.34. The molecule has 1 aliphatic rings. The summed E-state index contributed by atoms with van der Waals surface area (Å²) in [6, 6.07) is 4.52. The van der Waals surface area contributed by atoms with E-state index in [9.17, 15) is 8.78 Å². The number of alkyl halides is 1. The lowest BCUT2D eigenvalue weighted by atomic mass is 10.1. The standard InChI is InChI=1S/C13H12ClF2N3/c14-7-12-18-17-11(19(12)9-4-5-9)6-8-2-1-3-10(15)13(8)16/h1-3,9H,4-7H2. The molecule has 0 aliphatic heterocycles. The van der Waals surface area contributed by atoms with Crippen LogP contribution in [0.25, 0.3) is 0 Å². The maximum atomic E-state index is 13.7. The second-order valence-electron chi connectivity index (χ2n) is 4.66. The Morgan fingerprint density at radius 2 is 1.95 bits per heavy atom. The topological polar surface area (TPSA) is 30.7 Å². The summed E-state index contributed by atoms with van der Waals surface area (Å²) in [5, 5.41) is 8.06. The number of rotatable bonds is 4. The third-order valence-corrected chi connectivity index (χ3v) is 3.49. The van der Waals surface area contributed by atoms with Crippen molar-refractivity contribution < 1.29 is 8.78 Å². The smallest absolute Gasteiger partial charge is 0.162 e. The number of halogens is 3. The number of nitrogens with zero attached hydrogens (tertiary/aromatic N) is 3. The summed E-state index contributed by atoms with van der Waals surface area (Å²) in [6.45, 7) is 0. The van der Waals surface area contributed by atoms with Crippen LogP contribution in [0.2, 0.25) is 0 Å². The number of aromatic nitrogens is 3. The second-order valence-corrected chi connectivity index (χ2v) is 4.92. The molecule has 2 aromatic rings. The van der Waals surface area contributed by atoms with Crippen LogP contribution in [0, 0.1) is 11.6 Å². The van der Waals surface area contributed by atoms with Crippen LogP contribution < -0.4 is 0 Å². The fraction of sp³-hybridized carbons (Fsp3) is 0.385. The Kier molecular flexibility index (Phi) is 3.22. The van der Waals surface area contributed by atoms with Gasteiger partial charge in [-0.25, -0.2) is 8.78 Å². The molecule has 0 unspecified atom stereocenters. The Morgan fingerprint density at radius 3 is 2.63 bits per heavy atom. The highest BCUT2D eigenvalue weighted by Crippen LogP contribution is 2.37. The van der Waals surface area contributed by atoms with Gasteiger partial charge in [-0.3, -0.25) is 0 Å². The van der Waals surface area contributed by atoms with Crippen LogP contribution in [0.3, 0.4) is 0 Å². The van der Waals surface area contributed by atoms with Crippen molar-refractivity contribution in [2.24, 2.45) is 0 Å². The first kappa shape index (κ1) is 12.5. The van der Waals surface area contributed by atoms with E-state index in [2.05, 4.69) is 10.2 Å². The minimum atomic E-state index is -0.840. The number of benzene rings is 1. The molecular formula is C13H12ClF2N3. The van der Waals surface area contributed by atoms with E-state index >= 15 is 0 Å². The minimum absolute atomic E-state index is 0.226. The van der Waals surface area contributed by atoms with E-state index in [1.54, 1.807) is 6.07 Å². The molecule has 3 rings (SSSR count). The molecule has 0 atom stereocenters. The molecule has 6 heteroatoms. The predicted molar refractivity (Wildman–Crippen MR) is 67.0 cm³/mol. The molecule has 0 spiro atoms. The molecule has 1 aromatic carbocycles. The van der Waals surface area contributed by atoms with Crippen LogP contribution in [-0.4, -0.2) is 14.8 Å². The van der Waals surface area contributed by atoms with Gasteiger partial charge in [0.15, 0.2) is 11.6 Å². The predicted octanol–water partition coefficient (Wildman–Crippen LogP) is 3.22. The van der Waals surface area contributed by atoms with Crippen molar-refractivity contribution in [3.63, 3.8) is 0 Å². The quantitative estimate of drug-likeness (QED) is 0.807. The van der Waals surface area contributed by atoms with E-state index in [0.717, 1.165) is 18.9 Å². The maximum Gasteiger partial charge on any atom is 0.162 e. The Labute approximate surface area is 114 Å². The first-order chi connectivity index (χ1) is 9.20. The highest BCUT2D eigenvalue weighted by molar-refractivity contribution is 6.16. The zero-order valence-corrected chi connectivity index (χ0v) is 10.9. The van der Waals surface area contributed by atoms with Gasteiger partial charge in [-0.15, -0.1) is 21.8 Å². The monoisotopic (exact) mass is 283 g/mol. The summed E-state index contributed by atoms with van der Waals surface area (Å²) in [5.74, 6) is -0.0544. The molecule has 1 aliphatic carbocycles. The van der Waals surface area contributed by atoms with E-state index in [-0.39, 0.29) is 17.9 Å². The number of hydrogen-bond donors (Lipinski definition) is 0. The van der Waals surface area contributed by atoms with Gasteiger partial charge in [-0.05, 0) is 24.5 Å². The van der Waals surface area contributed by atoms with Crippen LogP contribution >= 0.6 is 11.6 Å². The average Bonchev–Trinajstić information content (AvgIpc) is 3.16. The van der Waals surface area contributed by atoms with Crippen molar-refractivity contribution in [2.45, 2.75) is 31.2 Å². The maximum absolute atomic E-state index is 13.7. The largest absolute Gasteiger partial charge is 0.311 e. The normalized spacial score (nSPS) is 14.9. The van der Waals surface area contributed by atoms with Gasteiger partial charge in [-0.1, -0.05) is 12.1 Å². The van der Waals surface area contributed by atoms with Crippen molar-refractivity contribution in [3.05, 3.63) is 47.0 Å². The Morgan fingerprint density at radius 1 is 1.21 bits per heavy atom. The molecule has 0 radical (unpaired) electrons. The molecule has 0 saturated heterocycles. The fourth-order valence-electron chi connectivity index (χ4n) is 2.18. The first-order valence-corrected chi connectivity index (χ1v) is 6.65. The van der Waals surface area contributed by atoms with Gasteiger partial charge in [0, 0.05) is 12.5 Å². The van der Waals surface area contributed by atoms with Gasteiger partial charge < -0.3 is 4.57 Å². The molecule has 1 saturated carbocycles. The summed E-state index contributed by atoms with van der Waals surface area (Å²) in [5.41, 5.74) is 0.287. The Hall–Kier alpha value is -1.49. The van der Waals surface area contributed by atoms with E-state index in [1.807, 2.05) is 4.57 Å². The average molecular weight is 284 g/mol. The van der Waals surface area contributed by atoms with Gasteiger partial charge in [0.1, 0.15) is 11.6 Å². The number of hydrogen-bond acceptors (Lipinski definition) is 2. The van der Waals surface area contributed by atoms with E-state index < -0.39 is 11.6 Å². The summed E-state index contributed by atoms with van der Waals surface area (Å²) in [4.78, 5) is 0. The van der Waals surface area contributed by atoms with Crippen LogP contribution in [0.4, 0.5) is 8.78 Å². The zero-order valence-electron chi connectivity index (χ0n) is 10.1. The van der Waals surface area contributed by atoms with Crippen LogP contribution in [0.1, 0.15) is 36.1 Å². The van der Waals surface area contributed by atoms with Crippen molar-refractivity contribution in [2.75, 3.05) is 0 Å². The first-order valence-electron chi connectivity index (χ1n) is 6.12. The van der Waals surface area contributed by atoms with Gasteiger partial charge >= 0.3 is 0 Å². The second kappa shape index (κ2) is 4.89. The van der Waals surface area contributed by atoms with Crippen molar-refractivity contribution in [3.8, 4) is 0 Å². The fourth-order valence-corrected chi connectivity index (χ4v) is 2.36. The lowest BCUT2D eigenvalue weighted by molar-refractivity contribution is 0.499. The molecule has 19 heavy (non-hydrogen) atoms. The van der Waals surface area contributed by atoms with E-state index in [1.165, 1.54) is 6.07 Å². The molecule has 1 heterocycles. The van der Waals surface area contributed by atoms with Crippen LogP contribution in [0.5, 0.6) is 0 Å². The summed E-state index contributed by atoms with van der Waals surface area (Å²) >= 11 is 5.82. The molecule has 1 fully saturated rings. The third-order valence-electron chi connectivity index (χ3n) is 3.25. The van der Waals surface area contributed by atoms with Crippen molar-refractivity contribution in [1.82, 2.24) is 14.8 Å². The molecule has 100 valence electrons. The van der Waals surface area contributed by atoms with E-state index in [4.69, 9.17) is 11.6 Å². The van der Waals surface area contributed by atoms with E-state index in [0.29, 0.717) is 17.7 Å². The van der Waals surface area contributed by atoms with Crippen LogP contribution in [-0.2, 0) is 12.3 Å². The summed E-state index contributed by atoms with van der Waals surface area (Å²) in [7, 11) is 0. The van der Waals surface area contributed by atoms with Crippen molar-refractivity contribution >= 4 is 11.6 Å². The highest BCUT2D eigenvalue weighted by atomic mass is 35.5. The van der Waals surface area contributed by atoms with Gasteiger partial charge in [0.25, 0.3) is 0 Å². The van der Waals surface area contributed by atoms with Crippen molar-refractivity contribution in [1.29, 1.82) is 0 Å². The Bertz CT molecular complexity index is 608. The van der Waals surface area contributed by atoms with Gasteiger partial charge in [0.05, 0.1) is 5.88 Å². The molecular weight excluding hydrogens is 272 g/mol. The lowest BCUT2D eigenvalue weighted by Crippen LogP contribution is -2.07. The van der Waals surface area contributed by atoms with Gasteiger partial charge in [-0.2, -0.15) is 0 Å². The molecule has 0 amide bonds. The lowest BCUT2D eigenvalue weighted by Gasteiger charge is -2.08. The minimum Gasteiger partial charge on any atom is -0.311 e. The van der Waals surface area contributed by atoms with Gasteiger partial charge in [0.2, 0.25) is 0 Å². The zero-order chi connectivity index (χ0) is 13.4. The molecule has 1 aromatic heterocycles. The third kappa shape index (κ3) is 2.34. The molecule has 3 nitrogen and oxygen atoms in total.